The van der Waals surface area contributed by atoms with Crippen molar-refractivity contribution in [1.82, 2.24) is 15.5 Å². The molecule has 0 aliphatic carbocycles. The third kappa shape index (κ3) is 4.41. The van der Waals surface area contributed by atoms with Crippen LogP contribution in [0.15, 0.2) is 47.0 Å². The molecule has 1 aliphatic heterocycles. The molecule has 4 rings (SSSR count). The van der Waals surface area contributed by atoms with Crippen molar-refractivity contribution in [1.29, 1.82) is 0 Å². The molecular formula is C23H24FN3O3. The predicted octanol–water partition coefficient (Wildman–Crippen LogP) is 4.57. The van der Waals surface area contributed by atoms with Crippen LogP contribution in [0.4, 0.5) is 4.39 Å². The van der Waals surface area contributed by atoms with Crippen LogP contribution in [-0.4, -0.2) is 29.1 Å². The number of benzene rings is 2. The molecule has 2 aromatic carbocycles. The van der Waals surface area contributed by atoms with Crippen LogP contribution in [0.2, 0.25) is 0 Å². The van der Waals surface area contributed by atoms with Gasteiger partial charge in [0, 0.05) is 23.6 Å². The van der Waals surface area contributed by atoms with Crippen LogP contribution < -0.4 is 10.1 Å². The molecule has 30 heavy (non-hydrogen) atoms. The molecule has 2 heterocycles. The first-order chi connectivity index (χ1) is 14.5. The van der Waals surface area contributed by atoms with Crippen LogP contribution in [0, 0.1) is 11.7 Å². The maximum absolute atomic E-state index is 14.3. The topological polar surface area (TPSA) is 77.2 Å². The Morgan fingerprint density at radius 1 is 1.23 bits per heavy atom. The average molecular weight is 409 g/mol. The Hall–Kier alpha value is -3.06. The Labute approximate surface area is 174 Å². The third-order valence-electron chi connectivity index (χ3n) is 5.19. The minimum atomic E-state index is -0.470. The highest BCUT2D eigenvalue weighted by Gasteiger charge is 2.25. The monoisotopic (exact) mass is 409 g/mol. The van der Waals surface area contributed by atoms with Gasteiger partial charge in [0.1, 0.15) is 6.29 Å². The van der Waals surface area contributed by atoms with Gasteiger partial charge in [-0.3, -0.25) is 0 Å². The molecule has 0 spiro atoms. The van der Waals surface area contributed by atoms with Gasteiger partial charge in [-0.2, -0.15) is 4.98 Å². The van der Waals surface area contributed by atoms with Gasteiger partial charge in [-0.05, 0) is 56.5 Å². The molecule has 2 unspecified atom stereocenters. The summed E-state index contributed by atoms with van der Waals surface area (Å²) >= 11 is 0. The van der Waals surface area contributed by atoms with Crippen molar-refractivity contribution in [3.05, 3.63) is 53.8 Å². The van der Waals surface area contributed by atoms with E-state index in [1.54, 1.807) is 12.1 Å². The molecule has 0 bridgehead atoms. The van der Waals surface area contributed by atoms with Gasteiger partial charge in [-0.1, -0.05) is 29.4 Å². The van der Waals surface area contributed by atoms with Gasteiger partial charge in [0.2, 0.25) is 5.82 Å². The lowest BCUT2D eigenvalue weighted by Crippen LogP contribution is -2.13. The highest BCUT2D eigenvalue weighted by Crippen LogP contribution is 2.31. The van der Waals surface area contributed by atoms with E-state index in [9.17, 15) is 9.18 Å². The molecule has 1 aromatic heterocycles. The Kier molecular flexibility index (Phi) is 5.90. The maximum atomic E-state index is 14.3. The van der Waals surface area contributed by atoms with Crippen molar-refractivity contribution in [2.45, 2.75) is 38.8 Å². The zero-order chi connectivity index (χ0) is 21.1. The molecule has 156 valence electrons. The number of nitrogens with zero attached hydrogens (tertiary/aromatic N) is 2. The molecule has 0 radical (unpaired) electrons. The Balaban J connectivity index is 1.48. The third-order valence-corrected chi connectivity index (χ3v) is 5.19. The number of rotatable bonds is 7. The summed E-state index contributed by atoms with van der Waals surface area (Å²) in [6.45, 7) is 4.54. The fourth-order valence-corrected chi connectivity index (χ4v) is 3.68. The van der Waals surface area contributed by atoms with Crippen molar-refractivity contribution in [3.63, 3.8) is 0 Å². The van der Waals surface area contributed by atoms with Crippen molar-refractivity contribution in [2.24, 2.45) is 5.92 Å². The second-order valence-electron chi connectivity index (χ2n) is 7.82. The van der Waals surface area contributed by atoms with E-state index in [1.165, 1.54) is 11.6 Å². The molecule has 7 heteroatoms. The number of carbonyl (C=O) groups is 1. The molecular weight excluding hydrogens is 385 g/mol. The molecule has 6 nitrogen and oxygen atoms in total. The van der Waals surface area contributed by atoms with E-state index in [1.807, 2.05) is 38.1 Å². The average Bonchev–Trinajstić information content (AvgIpc) is 3.40. The van der Waals surface area contributed by atoms with Crippen LogP contribution in [0.3, 0.4) is 0 Å². The summed E-state index contributed by atoms with van der Waals surface area (Å²) in [5.41, 5.74) is 2.48. The minimum Gasteiger partial charge on any atom is -0.488 e. The normalized spacial score (nSPS) is 18.7. The van der Waals surface area contributed by atoms with E-state index < -0.39 is 5.82 Å². The predicted molar refractivity (Wildman–Crippen MR) is 110 cm³/mol. The number of hydrogen-bond donors (Lipinski definition) is 1. The highest BCUT2D eigenvalue weighted by molar-refractivity contribution is 5.61. The number of ether oxygens (including phenoxy) is 1. The molecule has 1 N–H and O–H groups in total. The smallest absolute Gasteiger partial charge is 0.258 e. The van der Waals surface area contributed by atoms with E-state index in [0.29, 0.717) is 23.7 Å². The van der Waals surface area contributed by atoms with Crippen molar-refractivity contribution in [2.75, 3.05) is 6.54 Å². The second-order valence-corrected chi connectivity index (χ2v) is 7.82. The van der Waals surface area contributed by atoms with Crippen molar-refractivity contribution in [3.8, 4) is 28.6 Å². The Morgan fingerprint density at radius 3 is 2.70 bits per heavy atom. The van der Waals surface area contributed by atoms with Crippen LogP contribution in [0.5, 0.6) is 5.75 Å². The van der Waals surface area contributed by atoms with Crippen molar-refractivity contribution >= 4 is 6.29 Å². The van der Waals surface area contributed by atoms with Crippen LogP contribution in [-0.2, 0) is 4.79 Å². The van der Waals surface area contributed by atoms with Gasteiger partial charge in [-0.15, -0.1) is 0 Å². The molecule has 2 atom stereocenters. The molecule has 1 saturated heterocycles. The first kappa shape index (κ1) is 20.2. The summed E-state index contributed by atoms with van der Waals surface area (Å²) in [7, 11) is 0. The number of halogens is 1. The summed E-state index contributed by atoms with van der Waals surface area (Å²) in [6.07, 6.45) is 2.42. The maximum Gasteiger partial charge on any atom is 0.258 e. The SMILES string of the molecule is CC(C)Oc1ccc(-c2nc(-c3ccc(C4CC(CC=O)CN4)cc3)no2)cc1F. The summed E-state index contributed by atoms with van der Waals surface area (Å²) < 4.78 is 25.0. The number of hydrogen-bond acceptors (Lipinski definition) is 6. The van der Waals surface area contributed by atoms with Crippen LogP contribution in [0.25, 0.3) is 22.8 Å². The standard InChI is InChI=1S/C23H24FN3O3/c1-14(2)29-21-8-7-18(12-19(21)24)23-26-22(27-30-23)17-5-3-16(4-6-17)20-11-15(9-10-28)13-25-20/h3-8,10,12,14-15,20,25H,9,11,13H2,1-2H3. The lowest BCUT2D eigenvalue weighted by molar-refractivity contribution is -0.108. The fraction of sp³-hybridized carbons (Fsp3) is 0.348. The van der Waals surface area contributed by atoms with Gasteiger partial charge < -0.3 is 19.4 Å². The molecule has 1 fully saturated rings. The van der Waals surface area contributed by atoms with E-state index in [4.69, 9.17) is 9.26 Å². The van der Waals surface area contributed by atoms with Crippen LogP contribution in [0.1, 0.15) is 38.3 Å². The number of aromatic nitrogens is 2. The second kappa shape index (κ2) is 8.75. The van der Waals surface area contributed by atoms with Gasteiger partial charge in [0.05, 0.1) is 6.10 Å². The van der Waals surface area contributed by atoms with Gasteiger partial charge >= 0.3 is 0 Å². The summed E-state index contributed by atoms with van der Waals surface area (Å²) in [4.78, 5) is 15.1. The number of aldehydes is 1. The Morgan fingerprint density at radius 2 is 2.00 bits per heavy atom. The summed E-state index contributed by atoms with van der Waals surface area (Å²) in [5.74, 6) is 0.808. The largest absolute Gasteiger partial charge is 0.488 e. The van der Waals surface area contributed by atoms with E-state index >= 15 is 0 Å². The quantitative estimate of drug-likeness (QED) is 0.576. The lowest BCUT2D eigenvalue weighted by Gasteiger charge is -2.11. The summed E-state index contributed by atoms with van der Waals surface area (Å²) in [5, 5.41) is 7.49. The van der Waals surface area contributed by atoms with E-state index in [2.05, 4.69) is 15.5 Å². The fourth-order valence-electron chi connectivity index (χ4n) is 3.68. The van der Waals surface area contributed by atoms with Gasteiger partial charge in [0.25, 0.3) is 5.89 Å². The minimum absolute atomic E-state index is 0.112. The zero-order valence-corrected chi connectivity index (χ0v) is 17.0. The van der Waals surface area contributed by atoms with Gasteiger partial charge in [-0.25, -0.2) is 4.39 Å². The van der Waals surface area contributed by atoms with Crippen LogP contribution >= 0.6 is 0 Å². The van der Waals surface area contributed by atoms with E-state index in [0.717, 1.165) is 24.8 Å². The molecule has 0 amide bonds. The highest BCUT2D eigenvalue weighted by atomic mass is 19.1. The van der Waals surface area contributed by atoms with E-state index in [-0.39, 0.29) is 23.8 Å². The van der Waals surface area contributed by atoms with Crippen molar-refractivity contribution < 1.29 is 18.4 Å². The Bertz CT molecular complexity index is 1020. The zero-order valence-electron chi connectivity index (χ0n) is 17.0. The summed E-state index contributed by atoms with van der Waals surface area (Å²) in [6, 6.07) is 12.8. The lowest BCUT2D eigenvalue weighted by atomic mass is 9.97. The first-order valence-corrected chi connectivity index (χ1v) is 10.1. The number of carbonyl (C=O) groups excluding carboxylic acids is 1. The molecule has 0 saturated carbocycles. The molecule has 3 aromatic rings. The van der Waals surface area contributed by atoms with Gasteiger partial charge in [0.15, 0.2) is 11.6 Å². The first-order valence-electron chi connectivity index (χ1n) is 10.1. The number of nitrogens with one attached hydrogen (secondary N) is 1. The molecule has 1 aliphatic rings.